The first kappa shape index (κ1) is 22.7. The van der Waals surface area contributed by atoms with E-state index >= 15 is 8.78 Å². The number of halogens is 2. The molecular weight excluding hydrogens is 434 g/mol. The van der Waals surface area contributed by atoms with Gasteiger partial charge in [-0.05, 0) is 43.7 Å². The Hall–Kier alpha value is -3.53. The number of ether oxygens (including phenoxy) is 1. The molecule has 1 fully saturated rings. The molecule has 0 saturated carbocycles. The summed E-state index contributed by atoms with van der Waals surface area (Å²) >= 11 is 0. The molecular formula is C23H24F2N4O4. The summed E-state index contributed by atoms with van der Waals surface area (Å²) in [5.74, 6) is -2.45. The third-order valence-corrected chi connectivity index (χ3v) is 5.80. The molecule has 33 heavy (non-hydrogen) atoms. The van der Waals surface area contributed by atoms with Crippen LogP contribution in [0.15, 0.2) is 30.5 Å². The number of fused-ring (bicyclic) bond motifs is 1. The van der Waals surface area contributed by atoms with Gasteiger partial charge in [-0.25, -0.2) is 18.6 Å². The predicted molar refractivity (Wildman–Crippen MR) is 116 cm³/mol. The van der Waals surface area contributed by atoms with Crippen LogP contribution in [0.25, 0.3) is 16.9 Å². The summed E-state index contributed by atoms with van der Waals surface area (Å²) in [5.41, 5.74) is 0.538. The molecule has 3 aromatic rings. The number of benzene rings is 1. The highest BCUT2D eigenvalue weighted by Crippen LogP contribution is 2.34. The zero-order valence-electron chi connectivity index (χ0n) is 18.5. The highest BCUT2D eigenvalue weighted by Gasteiger charge is 2.37. The Labute approximate surface area is 188 Å². The molecule has 2 aromatic heterocycles. The minimum Gasteiger partial charge on any atom is -0.465 e. The molecule has 2 amide bonds. The highest BCUT2D eigenvalue weighted by atomic mass is 19.1. The van der Waals surface area contributed by atoms with Crippen LogP contribution < -0.4 is 5.32 Å². The van der Waals surface area contributed by atoms with Crippen molar-refractivity contribution < 1.29 is 28.2 Å². The highest BCUT2D eigenvalue weighted by molar-refractivity contribution is 5.94. The van der Waals surface area contributed by atoms with Gasteiger partial charge in [-0.15, -0.1) is 0 Å². The molecule has 174 valence electrons. The van der Waals surface area contributed by atoms with E-state index in [1.807, 2.05) is 13.0 Å². The van der Waals surface area contributed by atoms with Gasteiger partial charge >= 0.3 is 6.09 Å². The third kappa shape index (κ3) is 4.25. The second-order valence-corrected chi connectivity index (χ2v) is 8.41. The third-order valence-electron chi connectivity index (χ3n) is 5.80. The molecule has 1 saturated heterocycles. The van der Waals surface area contributed by atoms with Crippen LogP contribution in [0.2, 0.25) is 0 Å². The number of pyridine rings is 1. The molecule has 1 atom stereocenters. The Morgan fingerprint density at radius 2 is 1.97 bits per heavy atom. The number of aromatic nitrogens is 2. The van der Waals surface area contributed by atoms with E-state index in [2.05, 4.69) is 10.3 Å². The molecule has 0 bridgehead atoms. The van der Waals surface area contributed by atoms with E-state index in [-0.39, 0.29) is 42.9 Å². The number of nitrogens with zero attached hydrogens (tertiary/aromatic N) is 3. The number of morpholine rings is 1. The minimum atomic E-state index is -1.06. The minimum absolute atomic E-state index is 0.0799. The van der Waals surface area contributed by atoms with Crippen molar-refractivity contribution in [2.24, 2.45) is 0 Å². The van der Waals surface area contributed by atoms with E-state index in [9.17, 15) is 14.7 Å². The van der Waals surface area contributed by atoms with Gasteiger partial charge < -0.3 is 24.5 Å². The first-order valence-corrected chi connectivity index (χ1v) is 10.4. The number of hydrogen-bond acceptors (Lipinski definition) is 4. The zero-order chi connectivity index (χ0) is 23.9. The number of rotatable bonds is 4. The van der Waals surface area contributed by atoms with Crippen molar-refractivity contribution in [3.63, 3.8) is 0 Å². The predicted octanol–water partition coefficient (Wildman–Crippen LogP) is 3.26. The van der Waals surface area contributed by atoms with Gasteiger partial charge in [-0.1, -0.05) is 0 Å². The number of imidazole rings is 1. The van der Waals surface area contributed by atoms with Crippen LogP contribution in [0.1, 0.15) is 28.5 Å². The Kier molecular flexibility index (Phi) is 5.79. The van der Waals surface area contributed by atoms with E-state index in [0.29, 0.717) is 11.3 Å². The smallest absolute Gasteiger partial charge is 0.407 e. The maximum absolute atomic E-state index is 15.1. The van der Waals surface area contributed by atoms with Crippen LogP contribution in [0.5, 0.6) is 0 Å². The zero-order valence-corrected chi connectivity index (χ0v) is 18.5. The second kappa shape index (κ2) is 8.43. The molecule has 3 heterocycles. The number of carboxylic acid groups (broad SMARTS) is 1. The number of amides is 2. The van der Waals surface area contributed by atoms with Gasteiger partial charge in [0.1, 0.15) is 17.3 Å². The lowest BCUT2D eigenvalue weighted by molar-refractivity contribution is -0.0898. The molecule has 2 N–H and O–H groups in total. The summed E-state index contributed by atoms with van der Waals surface area (Å²) in [5, 5.41) is 11.8. The van der Waals surface area contributed by atoms with E-state index < -0.39 is 29.2 Å². The molecule has 8 nitrogen and oxygen atoms in total. The van der Waals surface area contributed by atoms with Crippen molar-refractivity contribution in [3.8, 4) is 11.3 Å². The van der Waals surface area contributed by atoms with Gasteiger partial charge in [0, 0.05) is 31.8 Å². The quantitative estimate of drug-likeness (QED) is 0.626. The van der Waals surface area contributed by atoms with Gasteiger partial charge in [0.25, 0.3) is 5.91 Å². The number of carbonyl (C=O) groups is 2. The number of nitrogens with one attached hydrogen (secondary N) is 1. The summed E-state index contributed by atoms with van der Waals surface area (Å²) in [4.78, 5) is 29.1. The Bertz CT molecular complexity index is 1240. The molecule has 1 aromatic carbocycles. The van der Waals surface area contributed by atoms with E-state index in [0.717, 1.165) is 17.7 Å². The molecule has 0 unspecified atom stereocenters. The SMILES string of the molecule is CNC(=O)c1cc(F)c(-c2nc3cc(C)ccn3c2C[C@@]2(C)CN(C(=O)O)CCO2)c(F)c1. The summed E-state index contributed by atoms with van der Waals surface area (Å²) in [6.45, 7) is 4.19. The number of carbonyl (C=O) groups excluding carboxylic acids is 1. The van der Waals surface area contributed by atoms with Crippen molar-refractivity contribution in [1.29, 1.82) is 0 Å². The first-order chi connectivity index (χ1) is 15.6. The first-order valence-electron chi connectivity index (χ1n) is 10.4. The largest absolute Gasteiger partial charge is 0.465 e. The van der Waals surface area contributed by atoms with Gasteiger partial charge in [-0.2, -0.15) is 0 Å². The lowest BCUT2D eigenvalue weighted by Crippen LogP contribution is -2.53. The molecule has 4 rings (SSSR count). The van der Waals surface area contributed by atoms with Crippen LogP contribution in [-0.4, -0.2) is 63.7 Å². The molecule has 1 aliphatic rings. The van der Waals surface area contributed by atoms with Crippen LogP contribution >= 0.6 is 0 Å². The van der Waals surface area contributed by atoms with E-state index in [1.54, 1.807) is 23.6 Å². The molecule has 0 radical (unpaired) electrons. The molecule has 1 aliphatic heterocycles. The second-order valence-electron chi connectivity index (χ2n) is 8.41. The monoisotopic (exact) mass is 458 g/mol. The Balaban J connectivity index is 1.86. The maximum atomic E-state index is 15.1. The Morgan fingerprint density at radius 3 is 2.61 bits per heavy atom. The van der Waals surface area contributed by atoms with Gasteiger partial charge in [0.15, 0.2) is 0 Å². The number of aryl methyl sites for hydroxylation is 1. The van der Waals surface area contributed by atoms with Crippen LogP contribution in [0.3, 0.4) is 0 Å². The fraction of sp³-hybridized carbons (Fsp3) is 0.348. The summed E-state index contributed by atoms with van der Waals surface area (Å²) in [7, 11) is 1.37. The molecule has 10 heteroatoms. The van der Waals surface area contributed by atoms with Gasteiger partial charge in [0.05, 0.1) is 35.7 Å². The number of hydrogen-bond donors (Lipinski definition) is 2. The average molecular weight is 458 g/mol. The molecule has 0 aliphatic carbocycles. The van der Waals surface area contributed by atoms with Crippen molar-refractivity contribution >= 4 is 17.6 Å². The van der Waals surface area contributed by atoms with Crippen molar-refractivity contribution in [2.45, 2.75) is 25.9 Å². The van der Waals surface area contributed by atoms with Gasteiger partial charge in [-0.3, -0.25) is 4.79 Å². The lowest BCUT2D eigenvalue weighted by atomic mass is 9.94. The average Bonchev–Trinajstić information content (AvgIpc) is 3.08. The topological polar surface area (TPSA) is 96.2 Å². The maximum Gasteiger partial charge on any atom is 0.407 e. The van der Waals surface area contributed by atoms with Crippen LogP contribution in [-0.2, 0) is 11.2 Å². The van der Waals surface area contributed by atoms with Crippen molar-refractivity contribution in [2.75, 3.05) is 26.7 Å². The standard InChI is InChI=1S/C23H24F2N4O4/c1-13-4-5-29-17(11-23(2)12-28(22(31)32)6-7-33-23)20(27-18(29)8-13)19-15(24)9-14(10-16(19)25)21(30)26-3/h4-5,8-10H,6-7,11-12H2,1-3H3,(H,26,30)(H,31,32)/t23-/m0/s1. The summed E-state index contributed by atoms with van der Waals surface area (Å²) in [6.07, 6.45) is 0.860. The van der Waals surface area contributed by atoms with E-state index in [4.69, 9.17) is 4.74 Å². The summed E-state index contributed by atoms with van der Waals surface area (Å²) in [6, 6.07) is 5.58. The fourth-order valence-corrected chi connectivity index (χ4v) is 4.20. The lowest BCUT2D eigenvalue weighted by Gasteiger charge is -2.39. The summed E-state index contributed by atoms with van der Waals surface area (Å²) < 4.78 is 37.9. The van der Waals surface area contributed by atoms with Crippen molar-refractivity contribution in [1.82, 2.24) is 19.6 Å². The molecule has 0 spiro atoms. The van der Waals surface area contributed by atoms with E-state index in [1.165, 1.54) is 11.9 Å². The van der Waals surface area contributed by atoms with Crippen molar-refractivity contribution in [3.05, 3.63) is 58.9 Å². The van der Waals surface area contributed by atoms with Crippen LogP contribution in [0.4, 0.5) is 13.6 Å². The Morgan fingerprint density at radius 1 is 1.27 bits per heavy atom. The normalized spacial score (nSPS) is 18.5. The van der Waals surface area contributed by atoms with Crippen LogP contribution in [0, 0.1) is 18.6 Å². The fourth-order valence-electron chi connectivity index (χ4n) is 4.20. The van der Waals surface area contributed by atoms with Gasteiger partial charge in [0.2, 0.25) is 0 Å².